The number of nitrogens with zero attached hydrogens (tertiary/aromatic N) is 3. The molecule has 140 valence electrons. The number of carbonyl (C=O) groups is 2. The summed E-state index contributed by atoms with van der Waals surface area (Å²) in [6, 6.07) is 13.2. The third-order valence-electron chi connectivity index (χ3n) is 4.84. The molecule has 0 unspecified atom stereocenters. The molecule has 4 rings (SSSR count). The number of anilines is 2. The summed E-state index contributed by atoms with van der Waals surface area (Å²) < 4.78 is 5.37. The Labute approximate surface area is 157 Å². The van der Waals surface area contributed by atoms with Gasteiger partial charge in [0, 0.05) is 32.6 Å². The highest BCUT2D eigenvalue weighted by atomic mass is 16.5. The number of ether oxygens (including phenoxy) is 1. The third-order valence-corrected chi connectivity index (χ3v) is 4.84. The van der Waals surface area contributed by atoms with E-state index in [1.165, 1.54) is 0 Å². The van der Waals surface area contributed by atoms with E-state index in [9.17, 15) is 9.59 Å². The van der Waals surface area contributed by atoms with Crippen molar-refractivity contribution >= 4 is 23.3 Å². The molecular weight excluding hydrogens is 344 g/mol. The van der Waals surface area contributed by atoms with Crippen LogP contribution in [-0.2, 0) is 11.3 Å². The lowest BCUT2D eigenvalue weighted by Gasteiger charge is -2.31. The number of rotatable bonds is 3. The zero-order chi connectivity index (χ0) is 18.6. The third kappa shape index (κ3) is 3.78. The lowest BCUT2D eigenvalue weighted by atomic mass is 10.1. The van der Waals surface area contributed by atoms with Crippen LogP contribution in [0.1, 0.15) is 22.5 Å². The first-order valence-electron chi connectivity index (χ1n) is 9.18. The number of aromatic nitrogens is 1. The summed E-state index contributed by atoms with van der Waals surface area (Å²) in [6.07, 6.45) is 0.283. The van der Waals surface area contributed by atoms with Crippen molar-refractivity contribution < 1.29 is 14.3 Å². The van der Waals surface area contributed by atoms with Crippen molar-refractivity contribution in [2.24, 2.45) is 0 Å². The molecule has 1 fully saturated rings. The number of carbonyl (C=O) groups excluding carboxylic acids is 2. The fraction of sp³-hybridized carbons (Fsp3) is 0.350. The quantitative estimate of drug-likeness (QED) is 0.902. The van der Waals surface area contributed by atoms with Crippen molar-refractivity contribution in [3.8, 4) is 0 Å². The highest BCUT2D eigenvalue weighted by Gasteiger charge is 2.29. The van der Waals surface area contributed by atoms with Gasteiger partial charge in [-0.05, 0) is 17.7 Å². The highest BCUT2D eigenvalue weighted by molar-refractivity contribution is 6.07. The van der Waals surface area contributed by atoms with Crippen molar-refractivity contribution in [1.29, 1.82) is 0 Å². The van der Waals surface area contributed by atoms with E-state index in [1.807, 2.05) is 42.5 Å². The molecular formula is C20H22N4O3. The van der Waals surface area contributed by atoms with Crippen molar-refractivity contribution in [3.63, 3.8) is 0 Å². The summed E-state index contributed by atoms with van der Waals surface area (Å²) in [5, 5.41) is 2.92. The zero-order valence-corrected chi connectivity index (χ0v) is 15.1. The standard InChI is InChI=1S/C20H22N4O3/c25-17-8-9-24(20(26)21-14-15-4-2-1-3-5-15)16-6-7-18(22-19(16)17)23-10-12-27-13-11-23/h1-7H,8-14H2,(H,21,26). The topological polar surface area (TPSA) is 74.8 Å². The summed E-state index contributed by atoms with van der Waals surface area (Å²) in [7, 11) is 0. The molecule has 1 aromatic heterocycles. The van der Waals surface area contributed by atoms with Crippen LogP contribution < -0.4 is 15.1 Å². The largest absolute Gasteiger partial charge is 0.378 e. The average molecular weight is 366 g/mol. The average Bonchev–Trinajstić information content (AvgIpc) is 2.73. The van der Waals surface area contributed by atoms with E-state index < -0.39 is 0 Å². The number of Topliss-reactive ketones (excluding diaryl/α,β-unsaturated/α-hetero) is 1. The SMILES string of the molecule is O=C1CCN(C(=O)NCc2ccccc2)c2ccc(N3CCOCC3)nc21. The van der Waals surface area contributed by atoms with Gasteiger partial charge in [0.25, 0.3) is 0 Å². The molecule has 0 atom stereocenters. The van der Waals surface area contributed by atoms with Crippen molar-refractivity contribution in [2.75, 3.05) is 42.6 Å². The molecule has 0 spiro atoms. The molecule has 1 aromatic carbocycles. The number of hydrogen-bond donors (Lipinski definition) is 1. The Kier molecular flexibility index (Phi) is 5.02. The molecule has 7 nitrogen and oxygen atoms in total. The van der Waals surface area contributed by atoms with Gasteiger partial charge in [0.15, 0.2) is 5.78 Å². The van der Waals surface area contributed by atoms with Crippen LogP contribution in [0.2, 0.25) is 0 Å². The van der Waals surface area contributed by atoms with Gasteiger partial charge in [-0.25, -0.2) is 9.78 Å². The predicted octanol–water partition coefficient (Wildman–Crippen LogP) is 2.22. The van der Waals surface area contributed by atoms with E-state index in [-0.39, 0.29) is 18.2 Å². The summed E-state index contributed by atoms with van der Waals surface area (Å²) >= 11 is 0. The fourth-order valence-electron chi connectivity index (χ4n) is 3.37. The molecule has 27 heavy (non-hydrogen) atoms. The summed E-state index contributed by atoms with van der Waals surface area (Å²) in [5.41, 5.74) is 1.98. The molecule has 0 aliphatic carbocycles. The fourth-order valence-corrected chi connectivity index (χ4v) is 3.37. The lowest BCUT2D eigenvalue weighted by Crippen LogP contribution is -2.44. The number of hydrogen-bond acceptors (Lipinski definition) is 5. The second kappa shape index (κ2) is 7.75. The Balaban J connectivity index is 1.52. The number of fused-ring (bicyclic) bond motifs is 1. The van der Waals surface area contributed by atoms with Gasteiger partial charge in [0.2, 0.25) is 0 Å². The first-order valence-corrected chi connectivity index (χ1v) is 9.18. The molecule has 0 saturated carbocycles. The molecule has 2 aliphatic heterocycles. The van der Waals surface area contributed by atoms with Gasteiger partial charge in [0.05, 0.1) is 18.9 Å². The Morgan fingerprint density at radius 1 is 1.07 bits per heavy atom. The van der Waals surface area contributed by atoms with E-state index in [0.29, 0.717) is 37.7 Å². The van der Waals surface area contributed by atoms with Crippen LogP contribution in [0.3, 0.4) is 0 Å². The Morgan fingerprint density at radius 3 is 2.63 bits per heavy atom. The Morgan fingerprint density at radius 2 is 1.85 bits per heavy atom. The van der Waals surface area contributed by atoms with Crippen LogP contribution in [0.4, 0.5) is 16.3 Å². The number of nitrogens with one attached hydrogen (secondary N) is 1. The minimum atomic E-state index is -0.214. The smallest absolute Gasteiger partial charge is 0.322 e. The first-order chi connectivity index (χ1) is 13.2. The maximum absolute atomic E-state index is 12.7. The highest BCUT2D eigenvalue weighted by Crippen LogP contribution is 2.28. The Bertz CT molecular complexity index is 834. The number of amides is 2. The van der Waals surface area contributed by atoms with Crippen LogP contribution in [0.15, 0.2) is 42.5 Å². The normalized spacial score (nSPS) is 16.8. The van der Waals surface area contributed by atoms with Crippen LogP contribution in [0, 0.1) is 0 Å². The van der Waals surface area contributed by atoms with Crippen LogP contribution in [0.5, 0.6) is 0 Å². The summed E-state index contributed by atoms with van der Waals surface area (Å²) in [5.74, 6) is 0.740. The molecule has 0 bridgehead atoms. The van der Waals surface area contributed by atoms with Gasteiger partial charge in [-0.3, -0.25) is 9.69 Å². The minimum absolute atomic E-state index is 0.0211. The molecule has 2 aliphatic rings. The van der Waals surface area contributed by atoms with E-state index in [4.69, 9.17) is 4.74 Å². The van der Waals surface area contributed by atoms with E-state index in [1.54, 1.807) is 4.90 Å². The lowest BCUT2D eigenvalue weighted by molar-refractivity contribution is 0.0976. The number of ketones is 1. The van der Waals surface area contributed by atoms with Gasteiger partial charge in [0.1, 0.15) is 11.5 Å². The molecule has 0 radical (unpaired) electrons. The number of pyridine rings is 1. The summed E-state index contributed by atoms with van der Waals surface area (Å²) in [4.78, 5) is 33.4. The number of urea groups is 1. The maximum atomic E-state index is 12.7. The van der Waals surface area contributed by atoms with Crippen LogP contribution in [-0.4, -0.2) is 49.6 Å². The van der Waals surface area contributed by atoms with Crippen molar-refractivity contribution in [1.82, 2.24) is 10.3 Å². The first kappa shape index (κ1) is 17.5. The second-order valence-electron chi connectivity index (χ2n) is 6.61. The molecule has 1 saturated heterocycles. The molecule has 7 heteroatoms. The van der Waals surface area contributed by atoms with Gasteiger partial charge >= 0.3 is 6.03 Å². The second-order valence-corrected chi connectivity index (χ2v) is 6.61. The van der Waals surface area contributed by atoms with E-state index in [0.717, 1.165) is 24.5 Å². The number of benzene rings is 1. The van der Waals surface area contributed by atoms with Gasteiger partial charge < -0.3 is 15.0 Å². The Hall–Kier alpha value is -2.93. The van der Waals surface area contributed by atoms with E-state index >= 15 is 0 Å². The van der Waals surface area contributed by atoms with Gasteiger partial charge in [-0.2, -0.15) is 0 Å². The van der Waals surface area contributed by atoms with Gasteiger partial charge in [-0.15, -0.1) is 0 Å². The van der Waals surface area contributed by atoms with Crippen LogP contribution in [0.25, 0.3) is 0 Å². The van der Waals surface area contributed by atoms with Crippen LogP contribution >= 0.6 is 0 Å². The molecule has 2 amide bonds. The monoisotopic (exact) mass is 366 g/mol. The zero-order valence-electron chi connectivity index (χ0n) is 15.1. The summed E-state index contributed by atoms with van der Waals surface area (Å²) in [6.45, 7) is 3.62. The maximum Gasteiger partial charge on any atom is 0.322 e. The van der Waals surface area contributed by atoms with Gasteiger partial charge in [-0.1, -0.05) is 30.3 Å². The van der Waals surface area contributed by atoms with Crippen molar-refractivity contribution in [2.45, 2.75) is 13.0 Å². The number of morpholine rings is 1. The van der Waals surface area contributed by atoms with Crippen molar-refractivity contribution in [3.05, 3.63) is 53.7 Å². The molecule has 1 N–H and O–H groups in total. The molecule has 2 aromatic rings. The molecule has 3 heterocycles. The predicted molar refractivity (Wildman–Crippen MR) is 102 cm³/mol. The van der Waals surface area contributed by atoms with E-state index in [2.05, 4.69) is 15.2 Å². The minimum Gasteiger partial charge on any atom is -0.378 e.